The topological polar surface area (TPSA) is 17.1 Å². The monoisotopic (exact) mass is 258 g/mol. The fraction of sp³-hybridized carbons (Fsp3) is 0.0625. The van der Waals surface area contributed by atoms with E-state index in [1.165, 1.54) is 24.3 Å². The number of carbonyl (C=O) groups excluding carboxylic acids is 1. The summed E-state index contributed by atoms with van der Waals surface area (Å²) >= 11 is 0. The first-order chi connectivity index (χ1) is 9.03. The first kappa shape index (κ1) is 13.1. The van der Waals surface area contributed by atoms with Crippen LogP contribution in [0.2, 0.25) is 0 Å². The Morgan fingerprint density at radius 2 is 1.26 bits per heavy atom. The van der Waals surface area contributed by atoms with Crippen LogP contribution in [0.4, 0.5) is 8.78 Å². The molecule has 0 saturated heterocycles. The number of hydrogen-bond acceptors (Lipinski definition) is 1. The second-order valence-corrected chi connectivity index (χ2v) is 4.11. The molecule has 0 fully saturated rings. The molecule has 0 saturated carbocycles. The van der Waals surface area contributed by atoms with Crippen LogP contribution >= 0.6 is 0 Å². The van der Waals surface area contributed by atoms with Crippen molar-refractivity contribution in [2.45, 2.75) is 5.92 Å². The highest BCUT2D eigenvalue weighted by Gasteiger charge is 2.42. The maximum absolute atomic E-state index is 14.1. The average molecular weight is 258 g/mol. The van der Waals surface area contributed by atoms with Gasteiger partial charge in [-0.1, -0.05) is 67.2 Å². The molecule has 0 N–H and O–H groups in total. The molecule has 0 heterocycles. The second kappa shape index (κ2) is 5.14. The highest BCUT2D eigenvalue weighted by Crippen LogP contribution is 2.34. The van der Waals surface area contributed by atoms with E-state index in [-0.39, 0.29) is 11.1 Å². The molecule has 0 aliphatic carbocycles. The molecular weight excluding hydrogens is 246 g/mol. The van der Waals surface area contributed by atoms with Gasteiger partial charge in [-0.05, 0) is 5.56 Å². The third kappa shape index (κ3) is 2.60. The van der Waals surface area contributed by atoms with Crippen molar-refractivity contribution in [3.8, 4) is 0 Å². The number of rotatable bonds is 4. The van der Waals surface area contributed by atoms with Crippen molar-refractivity contribution in [1.82, 2.24) is 0 Å². The van der Waals surface area contributed by atoms with Gasteiger partial charge in [0.25, 0.3) is 0 Å². The number of alkyl halides is 2. The fourth-order valence-electron chi connectivity index (χ4n) is 1.73. The van der Waals surface area contributed by atoms with Gasteiger partial charge in [-0.2, -0.15) is 8.78 Å². The lowest BCUT2D eigenvalue weighted by Crippen LogP contribution is -2.29. The van der Waals surface area contributed by atoms with Gasteiger partial charge >= 0.3 is 5.92 Å². The van der Waals surface area contributed by atoms with E-state index in [4.69, 9.17) is 0 Å². The molecule has 96 valence electrons. The van der Waals surface area contributed by atoms with E-state index in [0.29, 0.717) is 0 Å². The van der Waals surface area contributed by atoms with Gasteiger partial charge in [-0.15, -0.1) is 0 Å². The zero-order chi connectivity index (χ0) is 13.9. The van der Waals surface area contributed by atoms with Crippen molar-refractivity contribution in [2.24, 2.45) is 0 Å². The van der Waals surface area contributed by atoms with Gasteiger partial charge in [0.15, 0.2) is 0 Å². The minimum Gasteiger partial charge on any atom is -0.287 e. The first-order valence-corrected chi connectivity index (χ1v) is 5.76. The summed E-state index contributed by atoms with van der Waals surface area (Å²) in [7, 11) is 0. The molecular formula is C16H12F2O. The van der Waals surface area contributed by atoms with Gasteiger partial charge in [-0.25, -0.2) is 0 Å². The van der Waals surface area contributed by atoms with Crippen LogP contribution in [-0.2, 0) is 0 Å². The predicted octanol–water partition coefficient (Wildman–Crippen LogP) is 4.22. The van der Waals surface area contributed by atoms with Gasteiger partial charge < -0.3 is 0 Å². The number of Topliss-reactive ketones (excluding diaryl/α,β-unsaturated/α-hetero) is 1. The van der Waals surface area contributed by atoms with Crippen molar-refractivity contribution in [2.75, 3.05) is 0 Å². The fourth-order valence-corrected chi connectivity index (χ4v) is 1.73. The van der Waals surface area contributed by atoms with Gasteiger partial charge in [0.1, 0.15) is 0 Å². The highest BCUT2D eigenvalue weighted by atomic mass is 19.3. The molecule has 0 amide bonds. The summed E-state index contributed by atoms with van der Waals surface area (Å²) in [6, 6.07) is 15.5. The molecule has 1 nitrogen and oxygen atoms in total. The largest absolute Gasteiger partial charge is 0.334 e. The van der Waals surface area contributed by atoms with Crippen molar-refractivity contribution in [1.29, 1.82) is 0 Å². The van der Waals surface area contributed by atoms with E-state index in [1.807, 2.05) is 0 Å². The zero-order valence-electron chi connectivity index (χ0n) is 10.1. The number of ketones is 1. The predicted molar refractivity (Wildman–Crippen MR) is 71.2 cm³/mol. The van der Waals surface area contributed by atoms with E-state index in [9.17, 15) is 13.6 Å². The van der Waals surface area contributed by atoms with E-state index in [2.05, 4.69) is 6.58 Å². The van der Waals surface area contributed by atoms with Gasteiger partial charge in [0, 0.05) is 11.1 Å². The third-order valence-corrected chi connectivity index (χ3v) is 2.82. The van der Waals surface area contributed by atoms with Crippen LogP contribution < -0.4 is 0 Å². The lowest BCUT2D eigenvalue weighted by atomic mass is 9.95. The normalized spacial score (nSPS) is 11.1. The smallest absolute Gasteiger partial charge is 0.287 e. The molecule has 0 unspecified atom stereocenters. The van der Waals surface area contributed by atoms with Gasteiger partial charge in [0.2, 0.25) is 5.78 Å². The number of allylic oxidation sites excluding steroid dienone is 1. The van der Waals surface area contributed by atoms with Crippen LogP contribution in [0.25, 0.3) is 5.57 Å². The van der Waals surface area contributed by atoms with Crippen molar-refractivity contribution in [3.63, 3.8) is 0 Å². The Kier molecular flexibility index (Phi) is 3.56. The molecule has 0 spiro atoms. The number of carbonyl (C=O) groups is 1. The van der Waals surface area contributed by atoms with Gasteiger partial charge in [-0.3, -0.25) is 4.79 Å². The van der Waals surface area contributed by atoms with Crippen LogP contribution in [0.15, 0.2) is 67.2 Å². The molecule has 0 bridgehead atoms. The molecule has 0 atom stereocenters. The van der Waals surface area contributed by atoms with Crippen molar-refractivity contribution < 1.29 is 13.6 Å². The Balaban J connectivity index is 2.33. The maximum Gasteiger partial charge on any atom is 0.334 e. The van der Waals surface area contributed by atoms with Crippen LogP contribution in [-0.4, -0.2) is 11.7 Å². The van der Waals surface area contributed by atoms with Crippen LogP contribution in [0, 0.1) is 0 Å². The summed E-state index contributed by atoms with van der Waals surface area (Å²) in [6.45, 7) is 3.37. The number of halogens is 2. The zero-order valence-corrected chi connectivity index (χ0v) is 10.1. The minimum atomic E-state index is -3.61. The van der Waals surface area contributed by atoms with Gasteiger partial charge in [0.05, 0.1) is 0 Å². The minimum absolute atomic E-state index is 0.0235. The van der Waals surface area contributed by atoms with Crippen molar-refractivity contribution >= 4 is 11.4 Å². The Bertz CT molecular complexity index is 535. The van der Waals surface area contributed by atoms with Crippen LogP contribution in [0.1, 0.15) is 15.9 Å². The molecule has 19 heavy (non-hydrogen) atoms. The first-order valence-electron chi connectivity index (χ1n) is 5.76. The summed E-state index contributed by atoms with van der Waals surface area (Å²) in [5.41, 5.74) is -0.247. The number of hydrogen-bond donors (Lipinski definition) is 0. The molecule has 2 rings (SSSR count). The Morgan fingerprint density at radius 3 is 1.74 bits per heavy atom. The Hall–Kier alpha value is -2.29. The molecule has 0 aromatic heterocycles. The summed E-state index contributed by atoms with van der Waals surface area (Å²) in [6.07, 6.45) is 0. The summed E-state index contributed by atoms with van der Waals surface area (Å²) in [4.78, 5) is 11.9. The van der Waals surface area contributed by atoms with Crippen LogP contribution in [0.3, 0.4) is 0 Å². The molecule has 2 aromatic rings. The Labute approximate surface area is 110 Å². The van der Waals surface area contributed by atoms with E-state index in [1.54, 1.807) is 36.4 Å². The summed E-state index contributed by atoms with van der Waals surface area (Å²) in [5, 5.41) is 0. The maximum atomic E-state index is 14.1. The second-order valence-electron chi connectivity index (χ2n) is 4.11. The lowest BCUT2D eigenvalue weighted by Gasteiger charge is -2.18. The highest BCUT2D eigenvalue weighted by molar-refractivity contribution is 6.09. The molecule has 3 heteroatoms. The Morgan fingerprint density at radius 1 is 0.842 bits per heavy atom. The van der Waals surface area contributed by atoms with Crippen LogP contribution in [0.5, 0.6) is 0 Å². The number of benzene rings is 2. The SMILES string of the molecule is C=C(c1ccccc1)C(F)(F)C(=O)c1ccccc1. The van der Waals surface area contributed by atoms with E-state index in [0.717, 1.165) is 0 Å². The standard InChI is InChI=1S/C16H12F2O/c1-12(13-8-4-2-5-9-13)16(17,18)15(19)14-10-6-3-7-11-14/h2-11H,1H2. The van der Waals surface area contributed by atoms with Crippen molar-refractivity contribution in [3.05, 3.63) is 78.4 Å². The van der Waals surface area contributed by atoms with E-state index < -0.39 is 17.3 Å². The average Bonchev–Trinajstić information content (AvgIpc) is 2.47. The third-order valence-electron chi connectivity index (χ3n) is 2.82. The van der Waals surface area contributed by atoms with E-state index >= 15 is 0 Å². The lowest BCUT2D eigenvalue weighted by molar-refractivity contribution is 0.0432. The molecule has 0 aliphatic heterocycles. The molecule has 0 radical (unpaired) electrons. The summed E-state index contributed by atoms with van der Waals surface area (Å²) < 4.78 is 28.3. The molecule has 0 aliphatic rings. The molecule has 2 aromatic carbocycles. The quantitative estimate of drug-likeness (QED) is 0.750. The summed E-state index contributed by atoms with van der Waals surface area (Å²) in [5.74, 6) is -4.84.